The van der Waals surface area contributed by atoms with Gasteiger partial charge in [0, 0.05) is 24.0 Å². The minimum absolute atomic E-state index is 0. The number of carbonyl (C=O) groups is 1. The van der Waals surface area contributed by atoms with Gasteiger partial charge < -0.3 is 10.2 Å². The molecule has 1 saturated carbocycles. The van der Waals surface area contributed by atoms with E-state index in [1.807, 2.05) is 4.90 Å². The van der Waals surface area contributed by atoms with Crippen LogP contribution in [-0.2, 0) is 4.79 Å². The number of halogens is 1. The van der Waals surface area contributed by atoms with Crippen LogP contribution >= 0.6 is 24.2 Å². The number of carbonyl (C=O) groups excluding carboxylic acids is 1. The fourth-order valence-corrected chi connectivity index (χ4v) is 4.33. The minimum atomic E-state index is 0. The number of hydrogen-bond donors (Lipinski definition) is 1. The standard InChI is InChI=1S/C21H26N2OS.ClH/c24-21(23-11-9-19(10-12-23)22-14-16-5-6-16)15-25-20-8-7-17-3-1-2-4-18(17)13-20;/h1-4,7-8,13,16,19,22H,5-6,9-12,14-15H2;1H. The van der Waals surface area contributed by atoms with Gasteiger partial charge in [-0.3, -0.25) is 4.79 Å². The molecule has 1 N–H and O–H groups in total. The molecule has 0 atom stereocenters. The van der Waals surface area contributed by atoms with Gasteiger partial charge in [0.1, 0.15) is 0 Å². The van der Waals surface area contributed by atoms with E-state index in [1.54, 1.807) is 11.8 Å². The smallest absolute Gasteiger partial charge is 0.232 e. The van der Waals surface area contributed by atoms with E-state index >= 15 is 0 Å². The van der Waals surface area contributed by atoms with Crippen molar-refractivity contribution in [1.29, 1.82) is 0 Å². The zero-order chi connectivity index (χ0) is 17.1. The van der Waals surface area contributed by atoms with Crippen molar-refractivity contribution in [2.45, 2.75) is 36.6 Å². The maximum Gasteiger partial charge on any atom is 0.232 e. The van der Waals surface area contributed by atoms with Gasteiger partial charge in [0.05, 0.1) is 5.75 Å². The lowest BCUT2D eigenvalue weighted by Gasteiger charge is -2.32. The number of thioether (sulfide) groups is 1. The van der Waals surface area contributed by atoms with E-state index in [1.165, 1.54) is 35.1 Å². The second-order valence-corrected chi connectivity index (χ2v) is 8.35. The molecular weight excluding hydrogens is 364 g/mol. The van der Waals surface area contributed by atoms with Crippen LogP contribution in [0.15, 0.2) is 47.4 Å². The van der Waals surface area contributed by atoms with Gasteiger partial charge in [-0.15, -0.1) is 24.2 Å². The topological polar surface area (TPSA) is 32.3 Å². The molecule has 1 aliphatic carbocycles. The molecule has 0 spiro atoms. The Morgan fingerprint density at radius 3 is 2.50 bits per heavy atom. The van der Waals surface area contributed by atoms with Crippen LogP contribution in [0.2, 0.25) is 0 Å². The number of nitrogens with one attached hydrogen (secondary N) is 1. The van der Waals surface area contributed by atoms with E-state index in [4.69, 9.17) is 0 Å². The quantitative estimate of drug-likeness (QED) is 0.744. The number of likely N-dealkylation sites (tertiary alicyclic amines) is 1. The van der Waals surface area contributed by atoms with Gasteiger partial charge in [0.25, 0.3) is 0 Å². The highest BCUT2D eigenvalue weighted by molar-refractivity contribution is 8.00. The molecule has 3 nitrogen and oxygen atoms in total. The van der Waals surface area contributed by atoms with Crippen molar-refractivity contribution in [1.82, 2.24) is 10.2 Å². The largest absolute Gasteiger partial charge is 0.342 e. The van der Waals surface area contributed by atoms with Crippen molar-refractivity contribution < 1.29 is 4.79 Å². The van der Waals surface area contributed by atoms with Crippen molar-refractivity contribution >= 4 is 40.8 Å². The monoisotopic (exact) mass is 390 g/mol. The Balaban J connectivity index is 0.00000196. The number of fused-ring (bicyclic) bond motifs is 1. The summed E-state index contributed by atoms with van der Waals surface area (Å²) in [6, 6.07) is 15.4. The van der Waals surface area contributed by atoms with E-state index in [0.717, 1.165) is 31.8 Å². The van der Waals surface area contributed by atoms with E-state index in [-0.39, 0.29) is 18.3 Å². The Morgan fingerprint density at radius 2 is 1.77 bits per heavy atom. The van der Waals surface area contributed by atoms with Crippen molar-refractivity contribution in [2.24, 2.45) is 5.92 Å². The molecule has 1 amide bonds. The molecule has 1 aliphatic heterocycles. The Hall–Kier alpha value is -1.23. The lowest BCUT2D eigenvalue weighted by atomic mass is 10.0. The summed E-state index contributed by atoms with van der Waals surface area (Å²) < 4.78 is 0. The number of benzene rings is 2. The number of amides is 1. The molecule has 2 aromatic rings. The SMILES string of the molecule is Cl.O=C(CSc1ccc2ccccc2c1)N1CCC(NCC2CC2)CC1. The predicted octanol–water partition coefficient (Wildman–Crippen LogP) is 4.34. The highest BCUT2D eigenvalue weighted by Gasteiger charge is 2.25. The summed E-state index contributed by atoms with van der Waals surface area (Å²) in [6.45, 7) is 2.98. The third kappa shape index (κ3) is 5.15. The highest BCUT2D eigenvalue weighted by atomic mass is 35.5. The fourth-order valence-electron chi connectivity index (χ4n) is 3.48. The zero-order valence-corrected chi connectivity index (χ0v) is 16.7. The first-order valence-electron chi connectivity index (χ1n) is 9.41. The summed E-state index contributed by atoms with van der Waals surface area (Å²) in [4.78, 5) is 15.7. The maximum atomic E-state index is 12.5. The Labute approximate surface area is 166 Å². The van der Waals surface area contributed by atoms with E-state index in [2.05, 4.69) is 47.8 Å². The lowest BCUT2D eigenvalue weighted by Crippen LogP contribution is -2.45. The molecule has 0 radical (unpaired) electrons. The molecule has 2 aromatic carbocycles. The second kappa shape index (κ2) is 9.12. The average molecular weight is 391 g/mol. The number of hydrogen-bond acceptors (Lipinski definition) is 3. The van der Waals surface area contributed by atoms with E-state index in [9.17, 15) is 4.79 Å². The molecule has 0 bridgehead atoms. The molecule has 1 saturated heterocycles. The molecule has 2 aliphatic rings. The zero-order valence-electron chi connectivity index (χ0n) is 15.0. The first-order valence-corrected chi connectivity index (χ1v) is 10.4. The van der Waals surface area contributed by atoms with E-state index < -0.39 is 0 Å². The van der Waals surface area contributed by atoms with Crippen molar-refractivity contribution in [3.8, 4) is 0 Å². The van der Waals surface area contributed by atoms with Crippen LogP contribution in [0.25, 0.3) is 10.8 Å². The normalized spacial score (nSPS) is 17.9. The molecule has 1 heterocycles. The number of piperidine rings is 1. The van der Waals surface area contributed by atoms with Crippen LogP contribution in [0.1, 0.15) is 25.7 Å². The third-order valence-corrected chi connectivity index (χ3v) is 6.30. The van der Waals surface area contributed by atoms with Crippen LogP contribution < -0.4 is 5.32 Å². The fraction of sp³-hybridized carbons (Fsp3) is 0.476. The number of rotatable bonds is 6. The lowest BCUT2D eigenvalue weighted by molar-refractivity contribution is -0.129. The summed E-state index contributed by atoms with van der Waals surface area (Å²) in [6.07, 6.45) is 4.99. The third-order valence-electron chi connectivity index (χ3n) is 5.32. The first kappa shape index (κ1) is 19.5. The Bertz CT molecular complexity index is 742. The van der Waals surface area contributed by atoms with E-state index in [0.29, 0.717) is 11.8 Å². The summed E-state index contributed by atoms with van der Waals surface area (Å²) in [5.41, 5.74) is 0. The summed E-state index contributed by atoms with van der Waals surface area (Å²) in [5.74, 6) is 1.75. The van der Waals surface area contributed by atoms with Crippen LogP contribution in [0.5, 0.6) is 0 Å². The minimum Gasteiger partial charge on any atom is -0.342 e. The Morgan fingerprint density at radius 1 is 1.04 bits per heavy atom. The molecular formula is C21H27ClN2OS. The van der Waals surface area contributed by atoms with Gasteiger partial charge in [-0.2, -0.15) is 0 Å². The maximum absolute atomic E-state index is 12.5. The molecule has 26 heavy (non-hydrogen) atoms. The molecule has 2 fully saturated rings. The van der Waals surface area contributed by atoms with Gasteiger partial charge in [-0.05, 0) is 61.1 Å². The molecule has 0 unspecified atom stereocenters. The molecule has 0 aromatic heterocycles. The molecule has 4 rings (SSSR count). The molecule has 5 heteroatoms. The van der Waals surface area contributed by atoms with Crippen LogP contribution in [0, 0.1) is 5.92 Å². The van der Waals surface area contributed by atoms with Gasteiger partial charge in [0.15, 0.2) is 0 Å². The van der Waals surface area contributed by atoms with Gasteiger partial charge >= 0.3 is 0 Å². The van der Waals surface area contributed by atoms with Crippen molar-refractivity contribution in [2.75, 3.05) is 25.4 Å². The summed E-state index contributed by atoms with van der Waals surface area (Å²) in [7, 11) is 0. The number of nitrogens with zero attached hydrogens (tertiary/aromatic N) is 1. The molecule has 140 valence electrons. The van der Waals surface area contributed by atoms with Gasteiger partial charge in [-0.1, -0.05) is 30.3 Å². The first-order chi connectivity index (χ1) is 12.3. The van der Waals surface area contributed by atoms with Crippen molar-refractivity contribution in [3.05, 3.63) is 42.5 Å². The second-order valence-electron chi connectivity index (χ2n) is 7.30. The van der Waals surface area contributed by atoms with Gasteiger partial charge in [-0.25, -0.2) is 0 Å². The van der Waals surface area contributed by atoms with Gasteiger partial charge in [0.2, 0.25) is 5.91 Å². The van der Waals surface area contributed by atoms with Crippen molar-refractivity contribution in [3.63, 3.8) is 0 Å². The predicted molar refractivity (Wildman–Crippen MR) is 112 cm³/mol. The van der Waals surface area contributed by atoms with Crippen LogP contribution in [0.3, 0.4) is 0 Å². The van der Waals surface area contributed by atoms with Crippen LogP contribution in [-0.4, -0.2) is 42.2 Å². The van der Waals surface area contributed by atoms with Crippen LogP contribution in [0.4, 0.5) is 0 Å². The Kier molecular flexibility index (Phi) is 6.85. The highest BCUT2D eigenvalue weighted by Crippen LogP contribution is 2.28. The average Bonchev–Trinajstić information content (AvgIpc) is 3.49. The summed E-state index contributed by atoms with van der Waals surface area (Å²) in [5, 5.41) is 6.16. The summed E-state index contributed by atoms with van der Waals surface area (Å²) >= 11 is 1.65.